The number of likely N-dealkylation sites (N-methyl/N-ethyl adjacent to an activating group) is 1. The zero-order valence-electron chi connectivity index (χ0n) is 25.0. The van der Waals surface area contributed by atoms with Gasteiger partial charge in [0.2, 0.25) is 5.91 Å². The lowest BCUT2D eigenvalue weighted by Gasteiger charge is -2.52. The number of anilines is 1. The number of nitrogens with zero attached hydrogens (tertiary/aromatic N) is 1. The van der Waals surface area contributed by atoms with Crippen molar-refractivity contribution in [1.82, 2.24) is 4.90 Å². The summed E-state index contributed by atoms with van der Waals surface area (Å²) < 4.78 is 5.28. The summed E-state index contributed by atoms with van der Waals surface area (Å²) in [7, 11) is 3.07. The Kier molecular flexibility index (Phi) is 7.50. The van der Waals surface area contributed by atoms with Gasteiger partial charge in [0.25, 0.3) is 0 Å². The minimum atomic E-state index is -2.78. The van der Waals surface area contributed by atoms with Crippen LogP contribution in [0.3, 0.4) is 0 Å². The van der Waals surface area contributed by atoms with Crippen LogP contribution in [0.4, 0.5) is 10.5 Å². The molecule has 0 aromatic heterocycles. The van der Waals surface area contributed by atoms with Crippen LogP contribution in [0.15, 0.2) is 36.4 Å². The van der Waals surface area contributed by atoms with E-state index in [-0.39, 0.29) is 24.2 Å². The van der Waals surface area contributed by atoms with Crippen LogP contribution in [0, 0.1) is 23.7 Å². The summed E-state index contributed by atoms with van der Waals surface area (Å²) >= 11 is 0. The third kappa shape index (κ3) is 4.87. The maximum Gasteiger partial charge on any atom is 0.412 e. The summed E-state index contributed by atoms with van der Waals surface area (Å²) in [5, 5.41) is 25.1. The molecule has 5 rings (SSSR count). The standard InChI is InChI=1S/C32H35N3O9/c1-31(2,3)44-30(42)34-16-8-6-14(7-9-16)17-10-11-20(36)22-18(17)12-15-13-19-24(35(4)5)26(38)23(29(33)41)28(40)32(19,43)27(39)21(15)25(22)37/h6-11,15,19,21,23-24,36,43H,12-13H2,1-5H3,(H2,33,41)(H,34,42). The van der Waals surface area contributed by atoms with Crippen LogP contribution in [0.5, 0.6) is 5.75 Å². The number of fused-ring (bicyclic) bond motifs is 3. The Bertz CT molecular complexity index is 1610. The van der Waals surface area contributed by atoms with E-state index in [1.165, 1.54) is 25.1 Å². The number of aromatic hydroxyl groups is 1. The molecule has 2 amide bonds. The van der Waals surface area contributed by atoms with Crippen molar-refractivity contribution in [2.24, 2.45) is 29.4 Å². The van der Waals surface area contributed by atoms with Crippen molar-refractivity contribution in [1.29, 1.82) is 0 Å². The van der Waals surface area contributed by atoms with Crippen LogP contribution < -0.4 is 11.1 Å². The summed E-state index contributed by atoms with van der Waals surface area (Å²) in [5.74, 6) is -11.0. The van der Waals surface area contributed by atoms with Gasteiger partial charge in [-0.3, -0.25) is 34.2 Å². The lowest BCUT2D eigenvalue weighted by Crippen LogP contribution is -2.74. The molecule has 0 heterocycles. The first kappa shape index (κ1) is 31.0. The molecule has 6 atom stereocenters. The Labute approximate surface area is 253 Å². The van der Waals surface area contributed by atoms with E-state index in [1.54, 1.807) is 51.1 Å². The molecule has 12 nitrogen and oxygen atoms in total. The van der Waals surface area contributed by atoms with E-state index in [9.17, 15) is 39.0 Å². The number of carbonyl (C=O) groups is 6. The number of aliphatic hydroxyl groups is 1. The van der Waals surface area contributed by atoms with Crippen LogP contribution >= 0.6 is 0 Å². The second-order valence-corrected chi connectivity index (χ2v) is 13.0. The molecule has 3 aliphatic rings. The van der Waals surface area contributed by atoms with Gasteiger partial charge in [-0.2, -0.15) is 0 Å². The Hall–Kier alpha value is -4.42. The highest BCUT2D eigenvalue weighted by molar-refractivity contribution is 6.32. The number of hydrogen-bond donors (Lipinski definition) is 4. The van der Waals surface area contributed by atoms with Gasteiger partial charge >= 0.3 is 6.09 Å². The van der Waals surface area contributed by atoms with Crippen molar-refractivity contribution in [3.05, 3.63) is 47.5 Å². The van der Waals surface area contributed by atoms with Crippen molar-refractivity contribution in [3.63, 3.8) is 0 Å². The van der Waals surface area contributed by atoms with Gasteiger partial charge in [0.15, 0.2) is 34.7 Å². The van der Waals surface area contributed by atoms with Gasteiger partial charge in [0, 0.05) is 11.6 Å². The molecule has 44 heavy (non-hydrogen) atoms. The zero-order valence-corrected chi connectivity index (χ0v) is 25.0. The van der Waals surface area contributed by atoms with Crippen molar-refractivity contribution in [3.8, 4) is 16.9 Å². The van der Waals surface area contributed by atoms with Crippen LogP contribution in [-0.4, -0.2) is 81.6 Å². The highest BCUT2D eigenvalue weighted by atomic mass is 16.6. The minimum Gasteiger partial charge on any atom is -0.507 e. The molecule has 5 N–H and O–H groups in total. The van der Waals surface area contributed by atoms with E-state index in [0.717, 1.165) is 0 Å². The summed E-state index contributed by atoms with van der Waals surface area (Å²) in [6.07, 6.45) is -0.533. The molecular formula is C32H35N3O9. The Morgan fingerprint density at radius 1 is 1.02 bits per heavy atom. The minimum absolute atomic E-state index is 0.0439. The molecule has 2 aromatic carbocycles. The number of nitrogens with one attached hydrogen (secondary N) is 1. The van der Waals surface area contributed by atoms with Gasteiger partial charge < -0.3 is 20.7 Å². The van der Waals surface area contributed by atoms with Gasteiger partial charge in [-0.1, -0.05) is 18.2 Å². The average molecular weight is 606 g/mol. The van der Waals surface area contributed by atoms with Crippen LogP contribution in [-0.2, 0) is 30.3 Å². The fraction of sp³-hybridized carbons (Fsp3) is 0.438. The lowest BCUT2D eigenvalue weighted by atomic mass is 9.52. The maximum absolute atomic E-state index is 14.0. The number of Topliss-reactive ketones (excluding diaryl/α,β-unsaturated/α-hetero) is 4. The molecule has 0 bridgehead atoms. The zero-order chi connectivity index (χ0) is 32.5. The lowest BCUT2D eigenvalue weighted by molar-refractivity contribution is -0.181. The molecule has 3 aliphatic carbocycles. The van der Waals surface area contributed by atoms with Gasteiger partial charge in [-0.25, -0.2) is 4.79 Å². The molecule has 232 valence electrons. The van der Waals surface area contributed by atoms with Crippen molar-refractivity contribution >= 4 is 40.8 Å². The molecule has 6 unspecified atom stereocenters. The summed E-state index contributed by atoms with van der Waals surface area (Å²) in [6.45, 7) is 5.25. The topological polar surface area (TPSA) is 193 Å². The monoisotopic (exact) mass is 605 g/mol. The number of benzene rings is 2. The predicted molar refractivity (Wildman–Crippen MR) is 157 cm³/mol. The predicted octanol–water partition coefficient (Wildman–Crippen LogP) is 1.88. The van der Waals surface area contributed by atoms with E-state index in [4.69, 9.17) is 10.5 Å². The number of rotatable bonds is 4. The van der Waals surface area contributed by atoms with E-state index in [1.807, 2.05) is 0 Å². The number of phenols is 1. The number of nitrogens with two attached hydrogens (primary N) is 1. The van der Waals surface area contributed by atoms with Crippen molar-refractivity contribution < 1.29 is 43.7 Å². The third-order valence-corrected chi connectivity index (χ3v) is 8.79. The molecule has 0 aliphatic heterocycles. The van der Waals surface area contributed by atoms with Crippen LogP contribution in [0.1, 0.15) is 43.1 Å². The molecule has 0 radical (unpaired) electrons. The summed E-state index contributed by atoms with van der Waals surface area (Å²) in [5.41, 5.74) is 4.04. The average Bonchev–Trinajstić information content (AvgIpc) is 2.90. The fourth-order valence-corrected chi connectivity index (χ4v) is 7.03. The van der Waals surface area contributed by atoms with Crippen LogP contribution in [0.2, 0.25) is 0 Å². The van der Waals surface area contributed by atoms with E-state index >= 15 is 0 Å². The second-order valence-electron chi connectivity index (χ2n) is 13.0. The van der Waals surface area contributed by atoms with Crippen molar-refractivity contribution in [2.75, 3.05) is 19.4 Å². The second kappa shape index (κ2) is 10.6. The van der Waals surface area contributed by atoms with Gasteiger partial charge in [0.05, 0.1) is 17.5 Å². The largest absolute Gasteiger partial charge is 0.507 e. The normalized spacial score (nSPS) is 28.2. The number of carbonyl (C=O) groups excluding carboxylic acids is 6. The molecular weight excluding hydrogens is 570 g/mol. The first-order chi connectivity index (χ1) is 20.5. The summed E-state index contributed by atoms with van der Waals surface area (Å²) in [6, 6.07) is 8.58. The molecule has 0 spiro atoms. The molecule has 12 heteroatoms. The first-order valence-electron chi connectivity index (χ1n) is 14.3. The third-order valence-electron chi connectivity index (χ3n) is 8.79. The number of hydrogen-bond acceptors (Lipinski definition) is 10. The van der Waals surface area contributed by atoms with E-state index in [0.29, 0.717) is 22.4 Å². The van der Waals surface area contributed by atoms with Crippen molar-refractivity contribution in [2.45, 2.75) is 50.9 Å². The van der Waals surface area contributed by atoms with E-state index < -0.39 is 76.0 Å². The number of phenolic OH excluding ortho intramolecular Hbond substituents is 1. The number of ketones is 4. The Morgan fingerprint density at radius 3 is 2.23 bits per heavy atom. The fourth-order valence-electron chi connectivity index (χ4n) is 7.03. The molecule has 2 aromatic rings. The highest BCUT2D eigenvalue weighted by Crippen LogP contribution is 2.51. The Morgan fingerprint density at radius 2 is 1.66 bits per heavy atom. The van der Waals surface area contributed by atoms with Gasteiger partial charge in [-0.05, 0) is 88.5 Å². The molecule has 0 saturated heterocycles. The Balaban J connectivity index is 1.53. The first-order valence-corrected chi connectivity index (χ1v) is 14.3. The SMILES string of the molecule is CN(C)C1C(=O)C(C(N)=O)C(=O)C2(O)C(=O)C3C(=O)c4c(O)ccc(-c5ccc(NC(=O)OC(C)(C)C)cc5)c4CC3CC12. The quantitative estimate of drug-likeness (QED) is 0.374. The number of primary amides is 1. The van der Waals surface area contributed by atoms with Gasteiger partial charge in [-0.15, -0.1) is 0 Å². The molecule has 2 saturated carbocycles. The highest BCUT2D eigenvalue weighted by Gasteiger charge is 2.69. The number of ether oxygens (including phenoxy) is 1. The number of amides is 2. The summed E-state index contributed by atoms with van der Waals surface area (Å²) in [4.78, 5) is 80.3. The maximum atomic E-state index is 14.0. The molecule has 2 fully saturated rings. The van der Waals surface area contributed by atoms with Gasteiger partial charge in [0.1, 0.15) is 11.4 Å². The smallest absolute Gasteiger partial charge is 0.412 e. The van der Waals surface area contributed by atoms with E-state index in [2.05, 4.69) is 5.32 Å². The van der Waals surface area contributed by atoms with Crippen LogP contribution in [0.25, 0.3) is 11.1 Å².